The first-order valence-corrected chi connectivity index (χ1v) is 9.50. The van der Waals surface area contributed by atoms with Gasteiger partial charge in [-0.15, -0.1) is 0 Å². The SMILES string of the molecule is Cc1nc(C)n(CCC(=O)N2CCC(c3noc(-c4ccncc4)n3)CC2)n1. The molecular formula is C19H23N7O2. The van der Waals surface area contributed by atoms with Crippen molar-refractivity contribution < 1.29 is 9.32 Å². The molecule has 0 radical (unpaired) electrons. The molecule has 28 heavy (non-hydrogen) atoms. The minimum absolute atomic E-state index is 0.150. The Balaban J connectivity index is 1.30. The van der Waals surface area contributed by atoms with E-state index >= 15 is 0 Å². The summed E-state index contributed by atoms with van der Waals surface area (Å²) >= 11 is 0. The predicted octanol–water partition coefficient (Wildman–Crippen LogP) is 2.14. The highest BCUT2D eigenvalue weighted by Crippen LogP contribution is 2.28. The number of rotatable bonds is 5. The van der Waals surface area contributed by atoms with Crippen molar-refractivity contribution >= 4 is 5.91 Å². The number of hydrogen-bond donors (Lipinski definition) is 0. The summed E-state index contributed by atoms with van der Waals surface area (Å²) in [5.74, 6) is 3.16. The van der Waals surface area contributed by atoms with E-state index in [0.29, 0.717) is 37.8 Å². The minimum atomic E-state index is 0.150. The number of carbonyl (C=O) groups is 1. The first-order chi connectivity index (χ1) is 13.6. The van der Waals surface area contributed by atoms with Crippen LogP contribution in [0.1, 0.15) is 42.7 Å². The van der Waals surface area contributed by atoms with E-state index in [1.54, 1.807) is 17.1 Å². The molecule has 1 fully saturated rings. The first-order valence-electron chi connectivity index (χ1n) is 9.50. The second-order valence-corrected chi connectivity index (χ2v) is 7.03. The Morgan fingerprint density at radius 1 is 1.18 bits per heavy atom. The molecule has 4 rings (SSSR count). The number of pyridine rings is 1. The van der Waals surface area contributed by atoms with Gasteiger partial charge < -0.3 is 9.42 Å². The molecule has 0 aliphatic carbocycles. The smallest absolute Gasteiger partial charge is 0.258 e. The van der Waals surface area contributed by atoms with Gasteiger partial charge >= 0.3 is 0 Å². The van der Waals surface area contributed by atoms with Crippen LogP contribution in [0.5, 0.6) is 0 Å². The summed E-state index contributed by atoms with van der Waals surface area (Å²) < 4.78 is 7.19. The summed E-state index contributed by atoms with van der Waals surface area (Å²) in [7, 11) is 0. The lowest BCUT2D eigenvalue weighted by atomic mass is 9.96. The van der Waals surface area contributed by atoms with Crippen LogP contribution < -0.4 is 0 Å². The van der Waals surface area contributed by atoms with Crippen LogP contribution in [0.15, 0.2) is 29.0 Å². The summed E-state index contributed by atoms with van der Waals surface area (Å²) in [6.45, 7) is 5.73. The lowest BCUT2D eigenvalue weighted by Crippen LogP contribution is -2.38. The maximum Gasteiger partial charge on any atom is 0.258 e. The Bertz CT molecular complexity index is 942. The molecule has 3 aromatic heterocycles. The largest absolute Gasteiger partial charge is 0.343 e. The van der Waals surface area contributed by atoms with Gasteiger partial charge in [0.25, 0.3) is 5.89 Å². The van der Waals surface area contributed by atoms with Crippen LogP contribution in [-0.4, -0.2) is 53.8 Å². The van der Waals surface area contributed by atoms with Crippen LogP contribution in [0.2, 0.25) is 0 Å². The van der Waals surface area contributed by atoms with Crippen molar-refractivity contribution in [2.24, 2.45) is 0 Å². The van der Waals surface area contributed by atoms with Crippen molar-refractivity contribution in [3.05, 3.63) is 42.0 Å². The highest BCUT2D eigenvalue weighted by Gasteiger charge is 2.27. The Labute approximate surface area is 162 Å². The number of carbonyl (C=O) groups excluding carboxylic acids is 1. The van der Waals surface area contributed by atoms with Crippen LogP contribution in [-0.2, 0) is 11.3 Å². The first kappa shape index (κ1) is 18.3. The van der Waals surface area contributed by atoms with Crippen molar-refractivity contribution in [3.63, 3.8) is 0 Å². The van der Waals surface area contributed by atoms with E-state index in [0.717, 1.165) is 30.1 Å². The molecule has 0 unspecified atom stereocenters. The lowest BCUT2D eigenvalue weighted by molar-refractivity contribution is -0.132. The summed E-state index contributed by atoms with van der Waals surface area (Å²) in [6, 6.07) is 3.69. The van der Waals surface area contributed by atoms with Gasteiger partial charge in [0.2, 0.25) is 5.91 Å². The zero-order valence-corrected chi connectivity index (χ0v) is 16.1. The number of likely N-dealkylation sites (tertiary alicyclic amines) is 1. The molecule has 4 heterocycles. The number of hydrogen-bond acceptors (Lipinski definition) is 7. The van der Waals surface area contributed by atoms with E-state index in [1.165, 1.54) is 0 Å². The zero-order valence-electron chi connectivity index (χ0n) is 16.1. The minimum Gasteiger partial charge on any atom is -0.343 e. The fourth-order valence-corrected chi connectivity index (χ4v) is 3.53. The van der Waals surface area contributed by atoms with Gasteiger partial charge in [-0.2, -0.15) is 10.1 Å². The van der Waals surface area contributed by atoms with E-state index in [1.807, 2.05) is 30.9 Å². The van der Waals surface area contributed by atoms with E-state index in [2.05, 4.69) is 25.2 Å². The maximum absolute atomic E-state index is 12.5. The van der Waals surface area contributed by atoms with Gasteiger partial charge in [-0.1, -0.05) is 5.16 Å². The van der Waals surface area contributed by atoms with Gasteiger partial charge in [0.05, 0.1) is 6.54 Å². The zero-order chi connectivity index (χ0) is 19.5. The van der Waals surface area contributed by atoms with Crippen LogP contribution in [0.25, 0.3) is 11.5 Å². The average molecular weight is 381 g/mol. The number of amides is 1. The fraction of sp³-hybridized carbons (Fsp3) is 0.474. The molecule has 9 heteroatoms. The molecule has 0 N–H and O–H groups in total. The molecular weight excluding hydrogens is 358 g/mol. The molecule has 1 aliphatic heterocycles. The van der Waals surface area contributed by atoms with Crippen molar-refractivity contribution in [2.75, 3.05) is 13.1 Å². The standard InChI is InChI=1S/C19H23N7O2/c1-13-21-14(2)26(23-13)12-7-17(27)25-10-5-15(6-11-25)18-22-19(28-24-18)16-3-8-20-9-4-16/h3-4,8-9,15H,5-7,10-12H2,1-2H3. The molecule has 1 saturated heterocycles. The van der Waals surface area contributed by atoms with Crippen molar-refractivity contribution in [1.29, 1.82) is 0 Å². The van der Waals surface area contributed by atoms with Crippen molar-refractivity contribution in [3.8, 4) is 11.5 Å². The van der Waals surface area contributed by atoms with Gasteiger partial charge in [-0.3, -0.25) is 9.78 Å². The van der Waals surface area contributed by atoms with Crippen LogP contribution in [0, 0.1) is 13.8 Å². The van der Waals surface area contributed by atoms with Crippen LogP contribution >= 0.6 is 0 Å². The topological polar surface area (TPSA) is 103 Å². The summed E-state index contributed by atoms with van der Waals surface area (Å²) in [5, 5.41) is 8.46. The third kappa shape index (κ3) is 3.92. The Morgan fingerprint density at radius 2 is 1.93 bits per heavy atom. The molecule has 1 aliphatic rings. The molecule has 0 bridgehead atoms. The van der Waals surface area contributed by atoms with Gasteiger partial charge in [-0.25, -0.2) is 9.67 Å². The third-order valence-corrected chi connectivity index (χ3v) is 5.08. The number of nitrogens with zero attached hydrogens (tertiary/aromatic N) is 7. The molecule has 1 amide bonds. The number of piperidine rings is 1. The Kier molecular flexibility index (Phi) is 5.14. The van der Waals surface area contributed by atoms with Crippen LogP contribution in [0.4, 0.5) is 0 Å². The molecule has 0 saturated carbocycles. The van der Waals surface area contributed by atoms with E-state index < -0.39 is 0 Å². The van der Waals surface area contributed by atoms with Crippen LogP contribution in [0.3, 0.4) is 0 Å². The van der Waals surface area contributed by atoms with Gasteiger partial charge in [0.15, 0.2) is 5.82 Å². The van der Waals surface area contributed by atoms with Gasteiger partial charge in [0.1, 0.15) is 11.6 Å². The normalized spacial score (nSPS) is 15.1. The maximum atomic E-state index is 12.5. The highest BCUT2D eigenvalue weighted by molar-refractivity contribution is 5.76. The Morgan fingerprint density at radius 3 is 2.61 bits per heavy atom. The fourth-order valence-electron chi connectivity index (χ4n) is 3.53. The van der Waals surface area contributed by atoms with E-state index in [-0.39, 0.29) is 11.8 Å². The average Bonchev–Trinajstić information content (AvgIpc) is 3.33. The predicted molar refractivity (Wildman–Crippen MR) is 100 cm³/mol. The molecule has 3 aromatic rings. The second kappa shape index (κ2) is 7.87. The molecule has 0 atom stereocenters. The number of aromatic nitrogens is 6. The molecule has 9 nitrogen and oxygen atoms in total. The highest BCUT2D eigenvalue weighted by atomic mass is 16.5. The summed E-state index contributed by atoms with van der Waals surface area (Å²) in [5.41, 5.74) is 0.861. The van der Waals surface area contributed by atoms with E-state index in [9.17, 15) is 4.79 Å². The second-order valence-electron chi connectivity index (χ2n) is 7.03. The summed E-state index contributed by atoms with van der Waals surface area (Å²) in [6.07, 6.45) is 5.50. The molecule has 146 valence electrons. The van der Waals surface area contributed by atoms with Gasteiger partial charge in [-0.05, 0) is 38.8 Å². The summed E-state index contributed by atoms with van der Waals surface area (Å²) in [4.78, 5) is 27.2. The molecule has 0 spiro atoms. The quantitative estimate of drug-likeness (QED) is 0.667. The third-order valence-electron chi connectivity index (χ3n) is 5.08. The lowest BCUT2D eigenvalue weighted by Gasteiger charge is -2.30. The van der Waals surface area contributed by atoms with Crippen molar-refractivity contribution in [2.45, 2.75) is 45.6 Å². The van der Waals surface area contributed by atoms with E-state index in [4.69, 9.17) is 4.52 Å². The monoisotopic (exact) mass is 381 g/mol. The van der Waals surface area contributed by atoms with Gasteiger partial charge in [0, 0.05) is 43.4 Å². The molecule has 0 aromatic carbocycles. The van der Waals surface area contributed by atoms with Crippen molar-refractivity contribution in [1.82, 2.24) is 34.8 Å². The Hall–Kier alpha value is -3.10. The number of aryl methyl sites for hydroxylation is 3.